The van der Waals surface area contributed by atoms with E-state index >= 15 is 0 Å². The summed E-state index contributed by atoms with van der Waals surface area (Å²) in [4.78, 5) is 13.4. The van der Waals surface area contributed by atoms with Crippen LogP contribution in [0, 0.1) is 0 Å². The van der Waals surface area contributed by atoms with E-state index in [1.807, 2.05) is 18.5 Å². The first-order valence-corrected chi connectivity index (χ1v) is 8.02. The van der Waals surface area contributed by atoms with Crippen LogP contribution in [0.4, 0.5) is 0 Å². The molecule has 0 aromatic carbocycles. The van der Waals surface area contributed by atoms with Crippen LogP contribution in [0.5, 0.6) is 0 Å². The van der Waals surface area contributed by atoms with Crippen molar-refractivity contribution in [1.82, 2.24) is 24.6 Å². The van der Waals surface area contributed by atoms with E-state index in [0.29, 0.717) is 5.92 Å². The average molecular weight is 293 g/mol. The first kappa shape index (κ1) is 13.4. The largest absolute Gasteiger partial charge is 0.241 e. The molecule has 0 bridgehead atoms. The van der Waals surface area contributed by atoms with E-state index < -0.39 is 0 Å². The van der Waals surface area contributed by atoms with E-state index in [1.54, 1.807) is 17.0 Å². The summed E-state index contributed by atoms with van der Waals surface area (Å²) in [6.07, 6.45) is 15.0. The van der Waals surface area contributed by atoms with Crippen molar-refractivity contribution in [2.45, 2.75) is 44.4 Å². The highest BCUT2D eigenvalue weighted by Gasteiger charge is 2.17. The summed E-state index contributed by atoms with van der Waals surface area (Å²) in [6.45, 7) is 0. The predicted octanol–water partition coefficient (Wildman–Crippen LogP) is 3.62. The van der Waals surface area contributed by atoms with E-state index in [2.05, 4.69) is 26.1 Å². The molecule has 0 saturated heterocycles. The standard InChI is InChI=1S/C17H19N5/c1-2-4-7-13(6-3-1)15-10-16(20-12-19-15)14-11-21-22-9-5-8-18-17(14)22/h5,8-13H,1-4,6-7H2. The van der Waals surface area contributed by atoms with Gasteiger partial charge in [0.2, 0.25) is 0 Å². The van der Waals surface area contributed by atoms with Crippen molar-refractivity contribution in [3.63, 3.8) is 0 Å². The molecule has 0 radical (unpaired) electrons. The maximum atomic E-state index is 4.54. The molecule has 22 heavy (non-hydrogen) atoms. The fourth-order valence-corrected chi connectivity index (χ4v) is 3.33. The smallest absolute Gasteiger partial charge is 0.164 e. The lowest BCUT2D eigenvalue weighted by Crippen LogP contribution is -2.01. The zero-order valence-electron chi connectivity index (χ0n) is 12.5. The molecule has 0 atom stereocenters. The zero-order chi connectivity index (χ0) is 14.8. The molecule has 0 N–H and O–H groups in total. The fourth-order valence-electron chi connectivity index (χ4n) is 3.33. The summed E-state index contributed by atoms with van der Waals surface area (Å²) < 4.78 is 1.78. The molecular weight excluding hydrogens is 274 g/mol. The molecule has 4 rings (SSSR count). The molecule has 112 valence electrons. The molecule has 0 spiro atoms. The SMILES string of the molecule is c1cnc2c(-c3cc(C4CCCCCC4)ncn3)cnn2c1. The molecule has 1 aliphatic rings. The Labute approximate surface area is 129 Å². The minimum absolute atomic E-state index is 0.569. The lowest BCUT2D eigenvalue weighted by Gasteiger charge is -2.13. The van der Waals surface area contributed by atoms with Crippen molar-refractivity contribution in [3.8, 4) is 11.3 Å². The molecule has 0 aliphatic heterocycles. The summed E-state index contributed by atoms with van der Waals surface area (Å²) in [5.74, 6) is 0.569. The van der Waals surface area contributed by atoms with Crippen molar-refractivity contribution in [2.75, 3.05) is 0 Å². The summed E-state index contributed by atoms with van der Waals surface area (Å²) in [7, 11) is 0. The highest BCUT2D eigenvalue weighted by Crippen LogP contribution is 2.32. The van der Waals surface area contributed by atoms with Crippen LogP contribution in [-0.2, 0) is 0 Å². The third-order valence-electron chi connectivity index (χ3n) is 4.52. The predicted molar refractivity (Wildman–Crippen MR) is 84.5 cm³/mol. The first-order chi connectivity index (χ1) is 10.9. The van der Waals surface area contributed by atoms with Gasteiger partial charge in [0.1, 0.15) is 6.33 Å². The quantitative estimate of drug-likeness (QED) is 0.677. The van der Waals surface area contributed by atoms with E-state index in [4.69, 9.17) is 0 Å². The Hall–Kier alpha value is -2.30. The highest BCUT2D eigenvalue weighted by atomic mass is 15.2. The van der Waals surface area contributed by atoms with Crippen LogP contribution in [0.1, 0.15) is 50.1 Å². The van der Waals surface area contributed by atoms with Gasteiger partial charge in [-0.1, -0.05) is 25.7 Å². The van der Waals surface area contributed by atoms with Crippen LogP contribution in [0.2, 0.25) is 0 Å². The van der Waals surface area contributed by atoms with E-state index in [1.165, 1.54) is 44.2 Å². The van der Waals surface area contributed by atoms with Gasteiger partial charge < -0.3 is 0 Å². The Kier molecular flexibility index (Phi) is 3.54. The van der Waals surface area contributed by atoms with Crippen molar-refractivity contribution < 1.29 is 0 Å². The Morgan fingerprint density at radius 2 is 1.86 bits per heavy atom. The Morgan fingerprint density at radius 1 is 1.00 bits per heavy atom. The molecule has 3 aromatic heterocycles. The van der Waals surface area contributed by atoms with Gasteiger partial charge in [0.05, 0.1) is 17.5 Å². The van der Waals surface area contributed by atoms with Crippen molar-refractivity contribution >= 4 is 5.65 Å². The van der Waals surface area contributed by atoms with E-state index in [-0.39, 0.29) is 0 Å². The van der Waals surface area contributed by atoms with Gasteiger partial charge in [-0.15, -0.1) is 0 Å². The third kappa shape index (κ3) is 2.47. The molecule has 5 heteroatoms. The lowest BCUT2D eigenvalue weighted by atomic mass is 9.95. The number of hydrogen-bond acceptors (Lipinski definition) is 4. The summed E-state index contributed by atoms with van der Waals surface area (Å²) in [6, 6.07) is 4.00. The third-order valence-corrected chi connectivity index (χ3v) is 4.52. The Balaban J connectivity index is 1.72. The molecule has 0 unspecified atom stereocenters. The Morgan fingerprint density at radius 3 is 2.73 bits per heavy atom. The molecule has 3 aromatic rings. The van der Waals surface area contributed by atoms with E-state index in [0.717, 1.165) is 16.9 Å². The highest BCUT2D eigenvalue weighted by molar-refractivity contribution is 5.74. The number of aromatic nitrogens is 5. The molecule has 5 nitrogen and oxygen atoms in total. The minimum Gasteiger partial charge on any atom is -0.241 e. The van der Waals surface area contributed by atoms with Gasteiger partial charge in [-0.3, -0.25) is 0 Å². The summed E-state index contributed by atoms with van der Waals surface area (Å²) in [5, 5.41) is 4.35. The second-order valence-corrected chi connectivity index (χ2v) is 5.96. The second-order valence-electron chi connectivity index (χ2n) is 5.96. The van der Waals surface area contributed by atoms with Crippen LogP contribution >= 0.6 is 0 Å². The molecule has 1 aliphatic carbocycles. The molecule has 1 saturated carbocycles. The molecule has 1 fully saturated rings. The van der Waals surface area contributed by atoms with Crippen molar-refractivity contribution in [3.05, 3.63) is 42.7 Å². The van der Waals surface area contributed by atoms with Gasteiger partial charge in [-0.2, -0.15) is 5.10 Å². The average Bonchev–Trinajstić information content (AvgIpc) is 2.81. The van der Waals surface area contributed by atoms with Crippen molar-refractivity contribution in [2.24, 2.45) is 0 Å². The monoisotopic (exact) mass is 293 g/mol. The minimum atomic E-state index is 0.569. The second kappa shape index (κ2) is 5.83. The maximum absolute atomic E-state index is 4.54. The summed E-state index contributed by atoms with van der Waals surface area (Å²) >= 11 is 0. The summed E-state index contributed by atoms with van der Waals surface area (Å²) in [5.41, 5.74) is 3.90. The van der Waals surface area contributed by atoms with Gasteiger partial charge in [-0.25, -0.2) is 19.5 Å². The molecule has 0 amide bonds. The lowest BCUT2D eigenvalue weighted by molar-refractivity contribution is 0.576. The maximum Gasteiger partial charge on any atom is 0.164 e. The van der Waals surface area contributed by atoms with Crippen molar-refractivity contribution in [1.29, 1.82) is 0 Å². The molecule has 3 heterocycles. The first-order valence-electron chi connectivity index (χ1n) is 8.02. The fraction of sp³-hybridized carbons (Fsp3) is 0.412. The van der Waals surface area contributed by atoms with Crippen LogP contribution in [0.3, 0.4) is 0 Å². The number of fused-ring (bicyclic) bond motifs is 1. The van der Waals surface area contributed by atoms with Gasteiger partial charge in [-0.05, 0) is 25.0 Å². The van der Waals surface area contributed by atoms with Crippen LogP contribution in [0.25, 0.3) is 16.9 Å². The van der Waals surface area contributed by atoms with Gasteiger partial charge in [0, 0.05) is 24.0 Å². The topological polar surface area (TPSA) is 56.0 Å². The number of hydrogen-bond donors (Lipinski definition) is 0. The Bertz CT molecular complexity index is 771. The van der Waals surface area contributed by atoms with Crippen LogP contribution in [0.15, 0.2) is 37.1 Å². The zero-order valence-corrected chi connectivity index (χ0v) is 12.5. The van der Waals surface area contributed by atoms with E-state index in [9.17, 15) is 0 Å². The molecular formula is C17H19N5. The number of rotatable bonds is 2. The number of nitrogens with zero attached hydrogens (tertiary/aromatic N) is 5. The normalized spacial score (nSPS) is 16.7. The van der Waals surface area contributed by atoms with Crippen LogP contribution in [-0.4, -0.2) is 24.6 Å². The van der Waals surface area contributed by atoms with Gasteiger partial charge >= 0.3 is 0 Å². The van der Waals surface area contributed by atoms with Gasteiger partial charge in [0.25, 0.3) is 0 Å². The van der Waals surface area contributed by atoms with Gasteiger partial charge in [0.15, 0.2) is 5.65 Å². The van der Waals surface area contributed by atoms with Crippen LogP contribution < -0.4 is 0 Å².